The highest BCUT2D eigenvalue weighted by molar-refractivity contribution is 6.10. The highest BCUT2D eigenvalue weighted by atomic mass is 19.1. The molecule has 2 heterocycles. The van der Waals surface area contributed by atoms with Crippen LogP contribution in [-0.2, 0) is 0 Å². The number of anilines is 1. The van der Waals surface area contributed by atoms with E-state index in [9.17, 15) is 9.18 Å². The van der Waals surface area contributed by atoms with Crippen molar-refractivity contribution in [1.29, 1.82) is 0 Å². The van der Waals surface area contributed by atoms with Crippen LogP contribution in [0.2, 0.25) is 0 Å². The first-order valence-corrected chi connectivity index (χ1v) is 7.57. The predicted octanol–water partition coefficient (Wildman–Crippen LogP) is 2.19. The lowest BCUT2D eigenvalue weighted by Gasteiger charge is -2.25. The third-order valence-corrected chi connectivity index (χ3v) is 4.48. The van der Waals surface area contributed by atoms with Crippen molar-refractivity contribution in [2.24, 2.45) is 5.73 Å². The van der Waals surface area contributed by atoms with Crippen LogP contribution in [-0.4, -0.2) is 30.0 Å². The standard InChI is InChI=1S/C16H21FN4O/c1-8-9(2)20-14-11(16(18)22)7-12(17)15(13(8)14)21-10-3-5-19-6-4-10/h7,10,19-21H,3-6H2,1-2H3,(H2,18,22). The Morgan fingerprint density at radius 1 is 1.36 bits per heavy atom. The molecular weight excluding hydrogens is 283 g/mol. The Bertz CT molecular complexity index is 732. The zero-order valence-corrected chi connectivity index (χ0v) is 12.8. The minimum Gasteiger partial charge on any atom is -0.379 e. The van der Waals surface area contributed by atoms with Gasteiger partial charge in [0.1, 0.15) is 5.82 Å². The van der Waals surface area contributed by atoms with Crippen LogP contribution in [0.3, 0.4) is 0 Å². The number of benzene rings is 1. The number of hydrogen-bond donors (Lipinski definition) is 4. The number of rotatable bonds is 3. The van der Waals surface area contributed by atoms with Crippen LogP contribution in [0.4, 0.5) is 10.1 Å². The van der Waals surface area contributed by atoms with Gasteiger partial charge in [0.15, 0.2) is 0 Å². The molecule has 1 fully saturated rings. The first-order chi connectivity index (χ1) is 10.5. The summed E-state index contributed by atoms with van der Waals surface area (Å²) >= 11 is 0. The van der Waals surface area contributed by atoms with E-state index in [1.165, 1.54) is 6.07 Å². The third kappa shape index (κ3) is 2.43. The quantitative estimate of drug-likeness (QED) is 0.701. The zero-order valence-electron chi connectivity index (χ0n) is 12.8. The minimum absolute atomic E-state index is 0.194. The molecule has 6 heteroatoms. The maximum Gasteiger partial charge on any atom is 0.250 e. The maximum atomic E-state index is 14.6. The van der Waals surface area contributed by atoms with E-state index in [-0.39, 0.29) is 11.6 Å². The topological polar surface area (TPSA) is 82.9 Å². The van der Waals surface area contributed by atoms with Gasteiger partial charge in [0.05, 0.1) is 16.8 Å². The van der Waals surface area contributed by atoms with Crippen molar-refractivity contribution in [3.63, 3.8) is 0 Å². The van der Waals surface area contributed by atoms with E-state index in [2.05, 4.69) is 15.6 Å². The molecule has 3 rings (SSSR count). The lowest BCUT2D eigenvalue weighted by Crippen LogP contribution is -2.35. The summed E-state index contributed by atoms with van der Waals surface area (Å²) in [6, 6.07) is 1.46. The number of aryl methyl sites for hydroxylation is 2. The molecule has 1 aliphatic rings. The monoisotopic (exact) mass is 304 g/mol. The van der Waals surface area contributed by atoms with Gasteiger partial charge in [-0.3, -0.25) is 4.79 Å². The van der Waals surface area contributed by atoms with E-state index in [1.54, 1.807) is 0 Å². The Balaban J connectivity index is 2.14. The lowest BCUT2D eigenvalue weighted by molar-refractivity contribution is 0.100. The lowest BCUT2D eigenvalue weighted by atomic mass is 10.0. The highest BCUT2D eigenvalue weighted by Gasteiger charge is 2.22. The van der Waals surface area contributed by atoms with Crippen molar-refractivity contribution in [3.05, 3.63) is 28.7 Å². The summed E-state index contributed by atoms with van der Waals surface area (Å²) in [6.45, 7) is 5.68. The average molecular weight is 304 g/mol. The second-order valence-corrected chi connectivity index (χ2v) is 5.94. The molecule has 1 aromatic carbocycles. The molecule has 22 heavy (non-hydrogen) atoms. The first kappa shape index (κ1) is 14.8. The van der Waals surface area contributed by atoms with Crippen LogP contribution in [0, 0.1) is 19.7 Å². The van der Waals surface area contributed by atoms with Crippen molar-refractivity contribution in [2.45, 2.75) is 32.7 Å². The normalized spacial score (nSPS) is 16.1. The van der Waals surface area contributed by atoms with Crippen molar-refractivity contribution in [2.75, 3.05) is 18.4 Å². The number of piperidine rings is 1. The first-order valence-electron chi connectivity index (χ1n) is 7.57. The Hall–Kier alpha value is -2.08. The minimum atomic E-state index is -0.626. The van der Waals surface area contributed by atoms with E-state index < -0.39 is 11.7 Å². The number of H-pyrrole nitrogens is 1. The van der Waals surface area contributed by atoms with Crippen LogP contribution in [0.1, 0.15) is 34.5 Å². The van der Waals surface area contributed by atoms with Crippen LogP contribution < -0.4 is 16.4 Å². The number of fused-ring (bicyclic) bond motifs is 1. The number of carbonyl (C=O) groups is 1. The Kier molecular flexibility index (Phi) is 3.78. The van der Waals surface area contributed by atoms with Gasteiger partial charge >= 0.3 is 0 Å². The Labute approximate surface area is 128 Å². The predicted molar refractivity (Wildman–Crippen MR) is 85.8 cm³/mol. The van der Waals surface area contributed by atoms with Gasteiger partial charge in [-0.25, -0.2) is 4.39 Å². The Morgan fingerprint density at radius 3 is 2.68 bits per heavy atom. The molecule has 0 spiro atoms. The number of halogens is 1. The molecule has 2 aromatic rings. The number of aromatic nitrogens is 1. The second-order valence-electron chi connectivity index (χ2n) is 5.94. The van der Waals surface area contributed by atoms with Crippen molar-refractivity contribution >= 4 is 22.5 Å². The van der Waals surface area contributed by atoms with Crippen molar-refractivity contribution in [3.8, 4) is 0 Å². The summed E-state index contributed by atoms with van der Waals surface area (Å²) in [5.74, 6) is -1.06. The molecule has 0 saturated carbocycles. The van der Waals surface area contributed by atoms with Crippen LogP contribution in [0.15, 0.2) is 6.07 Å². The van der Waals surface area contributed by atoms with Gasteiger partial charge in [-0.15, -0.1) is 0 Å². The highest BCUT2D eigenvalue weighted by Crippen LogP contribution is 2.34. The number of hydrogen-bond acceptors (Lipinski definition) is 3. The fourth-order valence-corrected chi connectivity index (χ4v) is 3.13. The number of carbonyl (C=O) groups excluding carboxylic acids is 1. The molecular formula is C16H21FN4O. The molecule has 1 amide bonds. The summed E-state index contributed by atoms with van der Waals surface area (Å²) in [6.07, 6.45) is 1.89. The summed E-state index contributed by atoms with van der Waals surface area (Å²) in [5.41, 5.74) is 8.51. The molecule has 0 radical (unpaired) electrons. The number of aromatic amines is 1. The van der Waals surface area contributed by atoms with E-state index in [0.717, 1.165) is 42.6 Å². The van der Waals surface area contributed by atoms with Gasteiger partial charge in [-0.2, -0.15) is 0 Å². The van der Waals surface area contributed by atoms with Crippen molar-refractivity contribution in [1.82, 2.24) is 10.3 Å². The van der Waals surface area contributed by atoms with Gasteiger partial charge in [-0.05, 0) is 51.4 Å². The van der Waals surface area contributed by atoms with Crippen LogP contribution in [0.5, 0.6) is 0 Å². The average Bonchev–Trinajstić information content (AvgIpc) is 2.78. The smallest absolute Gasteiger partial charge is 0.250 e. The molecule has 0 bridgehead atoms. The number of amides is 1. The second kappa shape index (κ2) is 5.61. The molecule has 0 atom stereocenters. The van der Waals surface area contributed by atoms with Gasteiger partial charge in [-0.1, -0.05) is 0 Å². The third-order valence-electron chi connectivity index (χ3n) is 4.48. The Morgan fingerprint density at radius 2 is 2.05 bits per heavy atom. The van der Waals surface area contributed by atoms with Gasteiger partial charge in [0.25, 0.3) is 5.91 Å². The number of primary amides is 1. The van der Waals surface area contributed by atoms with Crippen molar-refractivity contribution < 1.29 is 9.18 Å². The summed E-state index contributed by atoms with van der Waals surface area (Å²) in [7, 11) is 0. The summed E-state index contributed by atoms with van der Waals surface area (Å²) in [5, 5.41) is 7.34. The van der Waals surface area contributed by atoms with Crippen LogP contribution >= 0.6 is 0 Å². The number of nitrogens with two attached hydrogens (primary N) is 1. The maximum absolute atomic E-state index is 14.6. The van der Waals surface area contributed by atoms with E-state index in [4.69, 9.17) is 5.73 Å². The van der Waals surface area contributed by atoms with Gasteiger partial charge in [0, 0.05) is 17.1 Å². The van der Waals surface area contributed by atoms with Crippen LogP contribution in [0.25, 0.3) is 10.9 Å². The molecule has 118 valence electrons. The fraction of sp³-hybridized carbons (Fsp3) is 0.438. The molecule has 5 nitrogen and oxygen atoms in total. The van der Waals surface area contributed by atoms with E-state index >= 15 is 0 Å². The molecule has 5 N–H and O–H groups in total. The van der Waals surface area contributed by atoms with Gasteiger partial charge in [0.2, 0.25) is 0 Å². The fourth-order valence-electron chi connectivity index (χ4n) is 3.13. The van der Waals surface area contributed by atoms with Gasteiger partial charge < -0.3 is 21.4 Å². The summed E-state index contributed by atoms with van der Waals surface area (Å²) < 4.78 is 14.6. The molecule has 0 unspecified atom stereocenters. The largest absolute Gasteiger partial charge is 0.379 e. The van der Waals surface area contributed by atoms with E-state index in [1.807, 2.05) is 13.8 Å². The molecule has 1 saturated heterocycles. The zero-order chi connectivity index (χ0) is 15.9. The molecule has 0 aliphatic carbocycles. The molecule has 1 aliphatic heterocycles. The number of nitrogens with one attached hydrogen (secondary N) is 3. The van der Waals surface area contributed by atoms with E-state index in [0.29, 0.717) is 11.2 Å². The molecule has 1 aromatic heterocycles. The SMILES string of the molecule is Cc1[nH]c2c(C(N)=O)cc(F)c(NC3CCNCC3)c2c1C. The summed E-state index contributed by atoms with van der Waals surface area (Å²) in [4.78, 5) is 14.8.